The average molecular weight is 334 g/mol. The molecule has 2 aromatic heterocycles. The number of aryl methyl sites for hydroxylation is 2. The Bertz CT molecular complexity index is 905. The fraction of sp³-hybridized carbons (Fsp3) is 0.263. The monoisotopic (exact) mass is 334 g/mol. The predicted molar refractivity (Wildman–Crippen MR) is 91.9 cm³/mol. The smallest absolute Gasteiger partial charge is 0.273 e. The van der Waals surface area contributed by atoms with Crippen molar-refractivity contribution in [3.63, 3.8) is 0 Å². The highest BCUT2D eigenvalue weighted by Gasteiger charge is 2.25. The minimum atomic E-state index is -0.234. The van der Waals surface area contributed by atoms with E-state index in [9.17, 15) is 4.79 Å². The Morgan fingerprint density at radius 2 is 2.12 bits per heavy atom. The highest BCUT2D eigenvalue weighted by atomic mass is 16.5. The minimum Gasteiger partial charge on any atom is -0.361 e. The number of carbonyl (C=O) groups excluding carboxylic acids is 1. The first-order chi connectivity index (χ1) is 12.2. The van der Waals surface area contributed by atoms with E-state index in [-0.39, 0.29) is 11.9 Å². The molecule has 0 radical (unpaired) electrons. The molecule has 1 aliphatic carbocycles. The normalized spacial score (nSPS) is 16.3. The summed E-state index contributed by atoms with van der Waals surface area (Å²) in [5.41, 5.74) is 3.28. The van der Waals surface area contributed by atoms with Crippen LogP contribution in [0.1, 0.15) is 46.4 Å². The van der Waals surface area contributed by atoms with Crippen molar-refractivity contribution in [1.29, 1.82) is 0 Å². The molecule has 1 atom stereocenters. The van der Waals surface area contributed by atoms with Crippen LogP contribution in [-0.2, 0) is 6.42 Å². The van der Waals surface area contributed by atoms with Gasteiger partial charge in [-0.1, -0.05) is 35.5 Å². The Balaban J connectivity index is 1.59. The maximum atomic E-state index is 12.4. The van der Waals surface area contributed by atoms with E-state index < -0.39 is 0 Å². The lowest BCUT2D eigenvalue weighted by Gasteiger charge is -2.25. The summed E-state index contributed by atoms with van der Waals surface area (Å²) < 4.78 is 4.97. The number of fused-ring (bicyclic) bond motifs is 1. The van der Waals surface area contributed by atoms with Crippen molar-refractivity contribution in [2.75, 3.05) is 0 Å². The van der Waals surface area contributed by atoms with E-state index in [1.807, 2.05) is 36.5 Å². The molecule has 0 saturated heterocycles. The van der Waals surface area contributed by atoms with Gasteiger partial charge in [-0.2, -0.15) is 0 Å². The first kappa shape index (κ1) is 15.5. The van der Waals surface area contributed by atoms with Crippen molar-refractivity contribution in [1.82, 2.24) is 20.4 Å². The Hall–Kier alpha value is -3.02. The van der Waals surface area contributed by atoms with Gasteiger partial charge in [-0.25, -0.2) is 9.97 Å². The zero-order valence-electron chi connectivity index (χ0n) is 13.9. The van der Waals surface area contributed by atoms with Crippen molar-refractivity contribution in [3.8, 4) is 11.4 Å². The van der Waals surface area contributed by atoms with Gasteiger partial charge < -0.3 is 9.84 Å². The molecule has 1 aliphatic rings. The minimum absolute atomic E-state index is 0.0990. The number of nitrogens with zero attached hydrogens (tertiary/aromatic N) is 3. The van der Waals surface area contributed by atoms with Crippen LogP contribution in [0, 0.1) is 6.92 Å². The van der Waals surface area contributed by atoms with E-state index in [0.717, 1.165) is 41.9 Å². The van der Waals surface area contributed by atoms with E-state index >= 15 is 0 Å². The molecule has 0 saturated carbocycles. The van der Waals surface area contributed by atoms with Crippen molar-refractivity contribution in [2.24, 2.45) is 0 Å². The molecule has 3 aromatic rings. The van der Waals surface area contributed by atoms with Crippen LogP contribution >= 0.6 is 0 Å². The Kier molecular flexibility index (Phi) is 4.01. The fourth-order valence-electron chi connectivity index (χ4n) is 3.13. The van der Waals surface area contributed by atoms with Crippen LogP contribution in [-0.4, -0.2) is 21.0 Å². The molecule has 0 fully saturated rings. The summed E-state index contributed by atoms with van der Waals surface area (Å²) in [7, 11) is 0. The number of hydrogen-bond donors (Lipinski definition) is 1. The number of nitrogens with one attached hydrogen (secondary N) is 1. The number of aromatic nitrogens is 3. The fourth-order valence-corrected chi connectivity index (χ4v) is 3.13. The lowest BCUT2D eigenvalue weighted by Crippen LogP contribution is -2.31. The first-order valence-electron chi connectivity index (χ1n) is 8.36. The van der Waals surface area contributed by atoms with Crippen LogP contribution in [0.5, 0.6) is 0 Å². The van der Waals surface area contributed by atoms with E-state index in [0.29, 0.717) is 11.5 Å². The van der Waals surface area contributed by atoms with Gasteiger partial charge in [0.15, 0.2) is 11.5 Å². The quantitative estimate of drug-likeness (QED) is 0.795. The topological polar surface area (TPSA) is 80.9 Å². The van der Waals surface area contributed by atoms with Crippen molar-refractivity contribution in [3.05, 3.63) is 65.3 Å². The van der Waals surface area contributed by atoms with Crippen LogP contribution < -0.4 is 5.32 Å². The molecule has 0 bridgehead atoms. The third-order valence-corrected chi connectivity index (χ3v) is 4.38. The predicted octanol–water partition coefficient (Wildman–Crippen LogP) is 3.25. The van der Waals surface area contributed by atoms with E-state index in [1.165, 1.54) is 0 Å². The molecule has 0 spiro atoms. The molecule has 6 nitrogen and oxygen atoms in total. The summed E-state index contributed by atoms with van der Waals surface area (Å²) in [6, 6.07) is 11.4. The first-order valence-corrected chi connectivity index (χ1v) is 8.36. The standard InChI is InChI=1S/C19H18N4O2/c1-12-10-17(23-25-12)19(24)22-16-9-5-8-15-14(16)11-20-18(21-15)13-6-3-2-4-7-13/h2-4,6-7,10-11,16H,5,8-9H2,1H3,(H,22,24). The second kappa shape index (κ2) is 6.47. The summed E-state index contributed by atoms with van der Waals surface area (Å²) in [5, 5.41) is 6.80. The van der Waals surface area contributed by atoms with Crippen LogP contribution in [0.25, 0.3) is 11.4 Å². The Morgan fingerprint density at radius 1 is 1.28 bits per heavy atom. The third kappa shape index (κ3) is 3.15. The zero-order valence-corrected chi connectivity index (χ0v) is 13.9. The van der Waals surface area contributed by atoms with E-state index in [4.69, 9.17) is 9.51 Å². The molecule has 1 aromatic carbocycles. The van der Waals surface area contributed by atoms with Crippen molar-refractivity contribution in [2.45, 2.75) is 32.2 Å². The van der Waals surface area contributed by atoms with Gasteiger partial charge in [0.25, 0.3) is 5.91 Å². The summed E-state index contributed by atoms with van der Waals surface area (Å²) in [6.45, 7) is 1.76. The molecule has 6 heteroatoms. The van der Waals surface area contributed by atoms with Crippen LogP contribution in [0.3, 0.4) is 0 Å². The van der Waals surface area contributed by atoms with Crippen LogP contribution in [0.15, 0.2) is 47.1 Å². The summed E-state index contributed by atoms with van der Waals surface area (Å²) in [6.07, 6.45) is 4.57. The molecule has 25 heavy (non-hydrogen) atoms. The number of benzene rings is 1. The maximum Gasteiger partial charge on any atom is 0.273 e. The molecule has 1 amide bonds. The third-order valence-electron chi connectivity index (χ3n) is 4.38. The van der Waals surface area contributed by atoms with Crippen LogP contribution in [0.2, 0.25) is 0 Å². The lowest BCUT2D eigenvalue weighted by molar-refractivity contribution is 0.0923. The van der Waals surface area contributed by atoms with Gasteiger partial charge in [-0.3, -0.25) is 4.79 Å². The highest BCUT2D eigenvalue weighted by Crippen LogP contribution is 2.29. The molecular weight excluding hydrogens is 316 g/mol. The number of amides is 1. The van der Waals surface area contributed by atoms with Gasteiger partial charge in [0.1, 0.15) is 5.76 Å². The number of hydrogen-bond acceptors (Lipinski definition) is 5. The van der Waals surface area contributed by atoms with Gasteiger partial charge in [-0.05, 0) is 26.2 Å². The van der Waals surface area contributed by atoms with Gasteiger partial charge in [0, 0.05) is 29.1 Å². The number of rotatable bonds is 3. The summed E-state index contributed by atoms with van der Waals surface area (Å²) in [4.78, 5) is 21.6. The lowest BCUT2D eigenvalue weighted by atomic mass is 9.92. The summed E-state index contributed by atoms with van der Waals surface area (Å²) in [5.74, 6) is 1.10. The van der Waals surface area contributed by atoms with Gasteiger partial charge in [0.05, 0.1) is 6.04 Å². The Labute approximate surface area is 145 Å². The second-order valence-corrected chi connectivity index (χ2v) is 6.20. The molecule has 4 rings (SSSR count). The van der Waals surface area contributed by atoms with Crippen LogP contribution in [0.4, 0.5) is 0 Å². The van der Waals surface area contributed by atoms with E-state index in [1.54, 1.807) is 13.0 Å². The molecule has 126 valence electrons. The second-order valence-electron chi connectivity index (χ2n) is 6.20. The SMILES string of the molecule is Cc1cc(C(=O)NC2CCCc3nc(-c4ccccc4)ncc32)no1. The zero-order chi connectivity index (χ0) is 17.2. The van der Waals surface area contributed by atoms with Crippen molar-refractivity contribution < 1.29 is 9.32 Å². The van der Waals surface area contributed by atoms with Crippen molar-refractivity contribution >= 4 is 5.91 Å². The number of carbonyl (C=O) groups is 1. The largest absolute Gasteiger partial charge is 0.361 e. The molecule has 1 N–H and O–H groups in total. The molecule has 1 unspecified atom stereocenters. The average Bonchev–Trinajstić information content (AvgIpc) is 3.09. The van der Waals surface area contributed by atoms with Gasteiger partial charge in [-0.15, -0.1) is 0 Å². The molecule has 2 heterocycles. The maximum absolute atomic E-state index is 12.4. The molecular formula is C19H18N4O2. The van der Waals surface area contributed by atoms with E-state index in [2.05, 4.69) is 15.5 Å². The summed E-state index contributed by atoms with van der Waals surface area (Å²) >= 11 is 0. The molecule has 0 aliphatic heterocycles. The Morgan fingerprint density at radius 3 is 2.88 bits per heavy atom. The highest BCUT2D eigenvalue weighted by molar-refractivity contribution is 5.92. The van der Waals surface area contributed by atoms with Gasteiger partial charge >= 0.3 is 0 Å². The van der Waals surface area contributed by atoms with Gasteiger partial charge in [0.2, 0.25) is 0 Å².